The monoisotopic (exact) mass is 503 g/mol. The lowest BCUT2D eigenvalue weighted by Crippen LogP contribution is -2.66. The number of aliphatic hydroxyl groups is 10. The highest BCUT2D eigenvalue weighted by Gasteiger charge is 2.53. The molecule has 0 aliphatic carbocycles. The van der Waals surface area contributed by atoms with E-state index in [2.05, 4.69) is 0 Å². The van der Waals surface area contributed by atoms with Crippen molar-refractivity contribution in [3.63, 3.8) is 0 Å². The fraction of sp³-hybridized carbons (Fsp3) is 1.00. The normalized spacial score (nSPS) is 52.5. The van der Waals surface area contributed by atoms with E-state index in [1.54, 1.807) is 0 Å². The molecule has 3 fully saturated rings. The molecule has 16 nitrogen and oxygen atoms in total. The quantitative estimate of drug-likeness (QED) is 0.154. The van der Waals surface area contributed by atoms with E-state index in [0.29, 0.717) is 0 Å². The number of rotatable bonds is 7. The van der Waals surface area contributed by atoms with Crippen LogP contribution in [0.25, 0.3) is 0 Å². The van der Waals surface area contributed by atoms with E-state index in [4.69, 9.17) is 29.4 Å². The summed E-state index contributed by atoms with van der Waals surface area (Å²) in [5, 5.41) is 100. The molecule has 200 valence electrons. The predicted molar refractivity (Wildman–Crippen MR) is 103 cm³/mol. The van der Waals surface area contributed by atoms with Crippen LogP contribution in [0.2, 0.25) is 0 Å². The lowest BCUT2D eigenvalue weighted by Gasteiger charge is -2.47. The zero-order valence-corrected chi connectivity index (χ0v) is 17.9. The van der Waals surface area contributed by atoms with E-state index >= 15 is 0 Å². The molecular formula is C18H33NO15. The Morgan fingerprint density at radius 2 is 0.971 bits per heavy atom. The molecule has 0 amide bonds. The number of hydrogen-bond acceptors (Lipinski definition) is 16. The van der Waals surface area contributed by atoms with Crippen LogP contribution in [0.1, 0.15) is 0 Å². The first-order chi connectivity index (χ1) is 16.0. The summed E-state index contributed by atoms with van der Waals surface area (Å²) < 4.78 is 26.6. The standard InChI is InChI=1S/C18H33NO15/c19-1-4-7(22)8(23)12(27)17(31-4)34-15-6(3-21)32-18(13(28)10(15)25)33-14-5(2-20)30-16(29)11(26)9(14)24/h4-18,20-29H,1-3,19H2/t4-,5-,6-,7-,8+,9-,10-,11-,12-,13-,14-,15-,16?,17-,18-/m1/s1. The van der Waals surface area contributed by atoms with Crippen molar-refractivity contribution in [1.29, 1.82) is 0 Å². The van der Waals surface area contributed by atoms with E-state index in [9.17, 15) is 51.1 Å². The summed E-state index contributed by atoms with van der Waals surface area (Å²) >= 11 is 0. The van der Waals surface area contributed by atoms with Crippen molar-refractivity contribution in [3.05, 3.63) is 0 Å². The van der Waals surface area contributed by atoms with E-state index in [1.165, 1.54) is 0 Å². The Hall–Kier alpha value is -0.640. The largest absolute Gasteiger partial charge is 0.394 e. The summed E-state index contributed by atoms with van der Waals surface area (Å²) in [6, 6.07) is 0. The molecule has 15 atom stereocenters. The van der Waals surface area contributed by atoms with Crippen LogP contribution in [0.5, 0.6) is 0 Å². The van der Waals surface area contributed by atoms with Gasteiger partial charge in [-0.15, -0.1) is 0 Å². The molecule has 0 spiro atoms. The Bertz CT molecular complexity index is 640. The first kappa shape index (κ1) is 27.9. The molecule has 3 rings (SSSR count). The van der Waals surface area contributed by atoms with Gasteiger partial charge in [0.15, 0.2) is 18.9 Å². The molecule has 0 aromatic heterocycles. The van der Waals surface area contributed by atoms with Crippen LogP contribution in [0.15, 0.2) is 0 Å². The highest BCUT2D eigenvalue weighted by atomic mass is 16.7. The van der Waals surface area contributed by atoms with Crippen LogP contribution in [0, 0.1) is 0 Å². The Balaban J connectivity index is 1.72. The summed E-state index contributed by atoms with van der Waals surface area (Å²) in [6.07, 6.45) is -24.4. The maximum Gasteiger partial charge on any atom is 0.187 e. The van der Waals surface area contributed by atoms with Gasteiger partial charge in [0.05, 0.1) is 13.2 Å². The first-order valence-corrected chi connectivity index (χ1v) is 10.7. The molecule has 3 saturated heterocycles. The molecule has 0 bridgehead atoms. The molecular weight excluding hydrogens is 470 g/mol. The van der Waals surface area contributed by atoms with Crippen molar-refractivity contribution in [2.45, 2.75) is 92.1 Å². The molecule has 16 heteroatoms. The minimum atomic E-state index is -1.88. The van der Waals surface area contributed by atoms with Crippen LogP contribution < -0.4 is 5.73 Å². The smallest absolute Gasteiger partial charge is 0.187 e. The van der Waals surface area contributed by atoms with Gasteiger partial charge >= 0.3 is 0 Å². The Morgan fingerprint density at radius 3 is 1.47 bits per heavy atom. The van der Waals surface area contributed by atoms with Gasteiger partial charge in [-0.3, -0.25) is 0 Å². The van der Waals surface area contributed by atoms with Gasteiger partial charge in [-0.25, -0.2) is 0 Å². The first-order valence-electron chi connectivity index (χ1n) is 10.7. The molecule has 34 heavy (non-hydrogen) atoms. The van der Waals surface area contributed by atoms with Gasteiger partial charge in [0.2, 0.25) is 0 Å². The van der Waals surface area contributed by atoms with Crippen LogP contribution in [-0.2, 0) is 23.7 Å². The fourth-order valence-corrected chi connectivity index (χ4v) is 4.10. The van der Waals surface area contributed by atoms with Gasteiger partial charge in [-0.05, 0) is 0 Å². The van der Waals surface area contributed by atoms with E-state index in [-0.39, 0.29) is 6.54 Å². The second-order valence-corrected chi connectivity index (χ2v) is 8.39. The van der Waals surface area contributed by atoms with Crippen molar-refractivity contribution in [2.24, 2.45) is 5.73 Å². The Kier molecular flexibility index (Phi) is 9.54. The zero-order chi connectivity index (χ0) is 25.3. The topological polar surface area (TPSA) is 274 Å². The van der Waals surface area contributed by atoms with Crippen LogP contribution in [0.4, 0.5) is 0 Å². The molecule has 0 saturated carbocycles. The lowest BCUT2D eigenvalue weighted by molar-refractivity contribution is -0.376. The third kappa shape index (κ3) is 5.37. The number of nitrogens with two attached hydrogens (primary N) is 1. The molecule has 0 radical (unpaired) electrons. The van der Waals surface area contributed by atoms with Gasteiger partial charge in [-0.1, -0.05) is 0 Å². The summed E-state index contributed by atoms with van der Waals surface area (Å²) in [4.78, 5) is 0. The maximum absolute atomic E-state index is 10.6. The molecule has 3 heterocycles. The molecule has 3 aliphatic heterocycles. The van der Waals surface area contributed by atoms with Gasteiger partial charge in [0, 0.05) is 6.54 Å². The van der Waals surface area contributed by atoms with Gasteiger partial charge in [0.25, 0.3) is 0 Å². The molecule has 3 aliphatic rings. The minimum Gasteiger partial charge on any atom is -0.394 e. The average molecular weight is 503 g/mol. The summed E-state index contributed by atoms with van der Waals surface area (Å²) in [6.45, 7) is -1.79. The highest BCUT2D eigenvalue weighted by Crippen LogP contribution is 2.32. The average Bonchev–Trinajstić information content (AvgIpc) is 2.83. The van der Waals surface area contributed by atoms with Crippen molar-refractivity contribution in [1.82, 2.24) is 0 Å². The lowest BCUT2D eigenvalue weighted by atomic mass is 9.96. The van der Waals surface area contributed by atoms with Crippen molar-refractivity contribution in [2.75, 3.05) is 19.8 Å². The van der Waals surface area contributed by atoms with Crippen LogP contribution in [0.3, 0.4) is 0 Å². The number of hydrogen-bond donors (Lipinski definition) is 11. The predicted octanol–water partition coefficient (Wildman–Crippen LogP) is -7.61. The Labute approximate surface area is 193 Å². The van der Waals surface area contributed by atoms with Crippen molar-refractivity contribution < 1.29 is 74.7 Å². The zero-order valence-electron chi connectivity index (χ0n) is 17.9. The van der Waals surface area contributed by atoms with E-state index < -0.39 is 105 Å². The SMILES string of the molecule is NC[C@H]1O[C@H](O[C@H]2[C@H](O)[C@@H](O)[C@@H](O[C@H]3[C@H](O)[C@@H](O)C(O)O[C@@H]3CO)O[C@@H]2CO)[C@H](O)[C@@H](O)[C@@H]1O. The van der Waals surface area contributed by atoms with Crippen LogP contribution in [-0.4, -0.2) is 163 Å². The fourth-order valence-electron chi connectivity index (χ4n) is 4.10. The van der Waals surface area contributed by atoms with Gasteiger partial charge in [0.1, 0.15) is 73.2 Å². The van der Waals surface area contributed by atoms with Gasteiger partial charge < -0.3 is 80.5 Å². The number of ether oxygens (including phenoxy) is 5. The summed E-state index contributed by atoms with van der Waals surface area (Å²) in [5.74, 6) is 0. The molecule has 0 aromatic rings. The second kappa shape index (κ2) is 11.6. The minimum absolute atomic E-state index is 0.241. The second-order valence-electron chi connectivity index (χ2n) is 8.39. The number of aliphatic hydroxyl groups excluding tert-OH is 10. The van der Waals surface area contributed by atoms with Crippen LogP contribution >= 0.6 is 0 Å². The molecule has 1 unspecified atom stereocenters. The maximum atomic E-state index is 10.6. The summed E-state index contributed by atoms with van der Waals surface area (Å²) in [5.41, 5.74) is 5.47. The molecule has 0 aromatic carbocycles. The third-order valence-electron chi connectivity index (χ3n) is 6.14. The Morgan fingerprint density at radius 1 is 0.529 bits per heavy atom. The van der Waals surface area contributed by atoms with E-state index in [0.717, 1.165) is 0 Å². The van der Waals surface area contributed by atoms with Crippen molar-refractivity contribution >= 4 is 0 Å². The third-order valence-corrected chi connectivity index (χ3v) is 6.14. The highest BCUT2D eigenvalue weighted by molar-refractivity contribution is 4.96. The van der Waals surface area contributed by atoms with E-state index in [1.807, 2.05) is 0 Å². The molecule has 12 N–H and O–H groups in total. The van der Waals surface area contributed by atoms with Crippen molar-refractivity contribution in [3.8, 4) is 0 Å². The van der Waals surface area contributed by atoms with Gasteiger partial charge in [-0.2, -0.15) is 0 Å². The summed E-state index contributed by atoms with van der Waals surface area (Å²) in [7, 11) is 0.